The van der Waals surface area contributed by atoms with Crippen LogP contribution >= 0.6 is 0 Å². The second kappa shape index (κ2) is 12.0. The van der Waals surface area contributed by atoms with Crippen LogP contribution < -0.4 is 15.5 Å². The largest absolute Gasteiger partial charge is 0.494 e. The van der Waals surface area contributed by atoms with E-state index in [4.69, 9.17) is 23.5 Å². The smallest absolute Gasteiger partial charge is 0.489 e. The minimum absolute atomic E-state index is 0.0293. The molecule has 3 heterocycles. The van der Waals surface area contributed by atoms with Gasteiger partial charge < -0.3 is 28.8 Å². The molecule has 0 aliphatic carbocycles. The Morgan fingerprint density at radius 1 is 1.05 bits per heavy atom. The number of likely N-dealkylation sites (tertiary alicyclic amines) is 1. The second-order valence-corrected chi connectivity index (χ2v) is 13.7. The van der Waals surface area contributed by atoms with E-state index < -0.39 is 53.8 Å². The Hall–Kier alpha value is -2.73. The van der Waals surface area contributed by atoms with Crippen LogP contribution in [0.4, 0.5) is 13.6 Å². The molecule has 3 fully saturated rings. The standard InChI is InChI=1S/C32H43BF2N2O6/c1-30(2,3)41-29(38)36-27-17-22(19-39-28(27)25-16-21(34)10-13-26(25)35)37-15-14-24(18-37)40-23-11-8-20(9-12-23)33-42-31(4,5)32(6,7)43-33/h8-13,16,22,24,27-28H,14-15,17-19H2,1-7H3,(H,36,38)/t22-,24-,27+,28-/m1/s1. The van der Waals surface area contributed by atoms with Crippen molar-refractivity contribution >= 4 is 18.7 Å². The summed E-state index contributed by atoms with van der Waals surface area (Å²) in [5.74, 6) is -0.389. The molecule has 2 aromatic rings. The number of carbonyl (C=O) groups is 1. The highest BCUT2D eigenvalue weighted by Gasteiger charge is 2.51. The topological polar surface area (TPSA) is 78.5 Å². The summed E-state index contributed by atoms with van der Waals surface area (Å²) < 4.78 is 59.0. The van der Waals surface area contributed by atoms with E-state index in [2.05, 4.69) is 10.2 Å². The zero-order valence-electron chi connectivity index (χ0n) is 26.1. The molecule has 2 aromatic carbocycles. The van der Waals surface area contributed by atoms with Gasteiger partial charge >= 0.3 is 13.2 Å². The van der Waals surface area contributed by atoms with Gasteiger partial charge in [0.05, 0.1) is 23.9 Å². The number of nitrogens with zero attached hydrogens (tertiary/aromatic N) is 1. The molecular formula is C32H43BF2N2O6. The summed E-state index contributed by atoms with van der Waals surface area (Å²) in [6, 6.07) is 10.4. The molecule has 3 saturated heterocycles. The maximum Gasteiger partial charge on any atom is 0.494 e. The number of benzene rings is 2. The summed E-state index contributed by atoms with van der Waals surface area (Å²) in [6.45, 7) is 15.2. The lowest BCUT2D eigenvalue weighted by molar-refractivity contribution is -0.0584. The average molecular weight is 601 g/mol. The third kappa shape index (κ3) is 7.33. The molecule has 1 amide bonds. The van der Waals surface area contributed by atoms with Gasteiger partial charge in [0.25, 0.3) is 0 Å². The van der Waals surface area contributed by atoms with Crippen LogP contribution in [0, 0.1) is 11.6 Å². The Morgan fingerprint density at radius 3 is 2.37 bits per heavy atom. The third-order valence-corrected chi connectivity index (χ3v) is 8.73. The fourth-order valence-corrected chi connectivity index (χ4v) is 5.76. The van der Waals surface area contributed by atoms with E-state index in [0.29, 0.717) is 19.6 Å². The van der Waals surface area contributed by atoms with Crippen LogP contribution in [-0.2, 0) is 18.8 Å². The molecule has 0 aromatic heterocycles. The van der Waals surface area contributed by atoms with E-state index in [1.54, 1.807) is 20.8 Å². The zero-order valence-corrected chi connectivity index (χ0v) is 26.1. The van der Waals surface area contributed by atoms with Gasteiger partial charge in [0, 0.05) is 24.7 Å². The van der Waals surface area contributed by atoms with Crippen LogP contribution in [-0.4, -0.2) is 72.8 Å². The van der Waals surface area contributed by atoms with Gasteiger partial charge in [-0.15, -0.1) is 0 Å². The minimum Gasteiger partial charge on any atom is -0.489 e. The first-order valence-corrected chi connectivity index (χ1v) is 15.0. The summed E-state index contributed by atoms with van der Waals surface area (Å²) in [6.07, 6.45) is -0.207. The predicted molar refractivity (Wildman–Crippen MR) is 159 cm³/mol. The van der Waals surface area contributed by atoms with E-state index >= 15 is 0 Å². The lowest BCUT2D eigenvalue weighted by Gasteiger charge is -2.40. The number of hydrogen-bond acceptors (Lipinski definition) is 7. The van der Waals surface area contributed by atoms with Crippen molar-refractivity contribution in [3.05, 3.63) is 59.7 Å². The van der Waals surface area contributed by atoms with Crippen LogP contribution in [0.2, 0.25) is 0 Å². The first kappa shape index (κ1) is 31.7. The predicted octanol–water partition coefficient (Wildman–Crippen LogP) is 5.14. The fourth-order valence-electron chi connectivity index (χ4n) is 5.76. The van der Waals surface area contributed by atoms with Gasteiger partial charge in [0.1, 0.15) is 35.2 Å². The van der Waals surface area contributed by atoms with E-state index in [9.17, 15) is 13.6 Å². The van der Waals surface area contributed by atoms with Gasteiger partial charge in [-0.25, -0.2) is 13.6 Å². The molecule has 3 aliphatic rings. The second-order valence-electron chi connectivity index (χ2n) is 13.7. The molecule has 8 nitrogen and oxygen atoms in total. The maximum absolute atomic E-state index is 14.7. The van der Waals surface area contributed by atoms with Crippen LogP contribution in [0.1, 0.15) is 73.0 Å². The normalized spacial score (nSPS) is 27.2. The Balaban J connectivity index is 1.21. The fraction of sp³-hybridized carbons (Fsp3) is 0.594. The molecule has 11 heteroatoms. The molecule has 0 saturated carbocycles. The molecule has 234 valence electrons. The van der Waals surface area contributed by atoms with Gasteiger partial charge in [-0.1, -0.05) is 12.1 Å². The molecular weight excluding hydrogens is 557 g/mol. The SMILES string of the molecule is CC(C)(C)OC(=O)N[C@H]1C[C@@H](N2CC[C@@H](Oc3ccc(B4OC(C)(C)C(C)(C)O4)cc3)C2)CO[C@@H]1c1cc(F)ccc1F. The van der Waals surface area contributed by atoms with Gasteiger partial charge in [-0.2, -0.15) is 0 Å². The highest BCUT2D eigenvalue weighted by atomic mass is 19.1. The van der Waals surface area contributed by atoms with Crippen LogP contribution in [0.15, 0.2) is 42.5 Å². The number of halogens is 2. The van der Waals surface area contributed by atoms with E-state index in [1.807, 2.05) is 52.0 Å². The van der Waals surface area contributed by atoms with Crippen LogP contribution in [0.25, 0.3) is 0 Å². The quantitative estimate of drug-likeness (QED) is 0.461. The van der Waals surface area contributed by atoms with E-state index in [0.717, 1.165) is 42.4 Å². The molecule has 0 spiro atoms. The van der Waals surface area contributed by atoms with Crippen LogP contribution in [0.5, 0.6) is 5.75 Å². The van der Waals surface area contributed by atoms with Gasteiger partial charge in [-0.05, 0) is 97.1 Å². The highest BCUT2D eigenvalue weighted by molar-refractivity contribution is 6.62. The van der Waals surface area contributed by atoms with Crippen molar-refractivity contribution in [2.45, 2.75) is 102 Å². The van der Waals surface area contributed by atoms with Crippen molar-refractivity contribution in [3.63, 3.8) is 0 Å². The number of carbonyl (C=O) groups excluding carboxylic acids is 1. The number of ether oxygens (including phenoxy) is 3. The van der Waals surface area contributed by atoms with E-state index in [1.165, 1.54) is 0 Å². The van der Waals surface area contributed by atoms with Crippen molar-refractivity contribution < 1.29 is 37.1 Å². The third-order valence-electron chi connectivity index (χ3n) is 8.73. The van der Waals surface area contributed by atoms with Gasteiger partial charge in [0.15, 0.2) is 0 Å². The molecule has 43 heavy (non-hydrogen) atoms. The zero-order chi connectivity index (χ0) is 31.2. The van der Waals surface area contributed by atoms with Gasteiger partial charge in [-0.3, -0.25) is 4.90 Å². The number of nitrogens with one attached hydrogen (secondary N) is 1. The van der Waals surface area contributed by atoms with Crippen molar-refractivity contribution in [2.24, 2.45) is 0 Å². The van der Waals surface area contributed by atoms with Crippen molar-refractivity contribution in [1.82, 2.24) is 10.2 Å². The van der Waals surface area contributed by atoms with E-state index in [-0.39, 0.29) is 17.7 Å². The lowest BCUT2D eigenvalue weighted by Crippen LogP contribution is -2.52. The molecule has 5 rings (SSSR count). The monoisotopic (exact) mass is 600 g/mol. The summed E-state index contributed by atoms with van der Waals surface area (Å²) in [5.41, 5.74) is -0.510. The molecule has 0 radical (unpaired) electrons. The maximum atomic E-state index is 14.7. The lowest BCUT2D eigenvalue weighted by atomic mass is 9.79. The van der Waals surface area contributed by atoms with Crippen molar-refractivity contribution in [3.8, 4) is 5.75 Å². The first-order chi connectivity index (χ1) is 20.1. The summed E-state index contributed by atoms with van der Waals surface area (Å²) >= 11 is 0. The molecule has 0 unspecified atom stereocenters. The summed E-state index contributed by atoms with van der Waals surface area (Å²) in [4.78, 5) is 15.0. The number of alkyl carbamates (subject to hydrolysis) is 1. The summed E-state index contributed by atoms with van der Waals surface area (Å²) in [7, 11) is -0.431. The average Bonchev–Trinajstić information content (AvgIpc) is 3.45. The number of hydrogen-bond donors (Lipinski definition) is 1. The Morgan fingerprint density at radius 2 is 1.72 bits per heavy atom. The summed E-state index contributed by atoms with van der Waals surface area (Å²) in [5, 5.41) is 2.86. The highest BCUT2D eigenvalue weighted by Crippen LogP contribution is 2.37. The Labute approximate surface area is 253 Å². The Bertz CT molecular complexity index is 1290. The number of amides is 1. The molecule has 4 atom stereocenters. The van der Waals surface area contributed by atoms with Crippen LogP contribution in [0.3, 0.4) is 0 Å². The minimum atomic E-state index is -0.850. The molecule has 1 N–H and O–H groups in total. The Kier molecular flexibility index (Phi) is 8.84. The van der Waals surface area contributed by atoms with Gasteiger partial charge in [0.2, 0.25) is 0 Å². The van der Waals surface area contributed by atoms with Crippen molar-refractivity contribution in [2.75, 3.05) is 19.7 Å². The first-order valence-electron chi connectivity index (χ1n) is 15.0. The van der Waals surface area contributed by atoms with Crippen molar-refractivity contribution in [1.29, 1.82) is 0 Å². The number of rotatable bonds is 6. The molecule has 3 aliphatic heterocycles. The molecule has 0 bridgehead atoms.